The molecule has 0 spiro atoms. The van der Waals surface area contributed by atoms with Crippen molar-refractivity contribution < 1.29 is 4.79 Å². The van der Waals surface area contributed by atoms with Crippen LogP contribution in [0.1, 0.15) is 32.1 Å². The highest BCUT2D eigenvalue weighted by molar-refractivity contribution is 5.95. The molecule has 1 saturated carbocycles. The first-order valence-electron chi connectivity index (χ1n) is 10.9. The summed E-state index contributed by atoms with van der Waals surface area (Å²) in [5.41, 5.74) is 2.83. The van der Waals surface area contributed by atoms with Crippen molar-refractivity contribution in [2.45, 2.75) is 37.6 Å². The largest absolute Gasteiger partial charge is 0.324 e. The Kier molecular flexibility index (Phi) is 5.23. The van der Waals surface area contributed by atoms with Crippen LogP contribution in [0.15, 0.2) is 48.9 Å². The van der Waals surface area contributed by atoms with Gasteiger partial charge in [0.1, 0.15) is 0 Å². The summed E-state index contributed by atoms with van der Waals surface area (Å²) in [4.78, 5) is 22.7. The summed E-state index contributed by atoms with van der Waals surface area (Å²) in [6.07, 6.45) is 8.38. The molecule has 164 valence electrons. The molecule has 0 atom stereocenters. The van der Waals surface area contributed by atoms with E-state index in [-0.39, 0.29) is 11.8 Å². The number of hydrogen-bond donors (Lipinski definition) is 1. The molecule has 33 heavy (non-hydrogen) atoms. The van der Waals surface area contributed by atoms with Gasteiger partial charge in [-0.05, 0) is 49.6 Å². The van der Waals surface area contributed by atoms with E-state index in [9.17, 15) is 10.1 Å². The third-order valence-electron chi connectivity index (χ3n) is 6.37. The number of amides is 1. The Morgan fingerprint density at radius 2 is 2.00 bits per heavy atom. The summed E-state index contributed by atoms with van der Waals surface area (Å²) in [7, 11) is 0. The Morgan fingerprint density at radius 3 is 2.70 bits per heavy atom. The van der Waals surface area contributed by atoms with Gasteiger partial charge in [-0.1, -0.05) is 0 Å². The van der Waals surface area contributed by atoms with Crippen LogP contribution in [-0.4, -0.2) is 32.2 Å². The van der Waals surface area contributed by atoms with Gasteiger partial charge < -0.3 is 10.2 Å². The summed E-state index contributed by atoms with van der Waals surface area (Å²) in [5, 5.41) is 26.1. The molecule has 3 heterocycles. The van der Waals surface area contributed by atoms with Gasteiger partial charge in [-0.3, -0.25) is 9.48 Å². The number of aromatic nitrogens is 4. The second-order valence-electron chi connectivity index (χ2n) is 8.55. The Labute approximate surface area is 191 Å². The molecule has 1 saturated heterocycles. The number of hydrogen-bond acceptors (Lipinski definition) is 7. The van der Waals surface area contributed by atoms with E-state index in [2.05, 4.69) is 32.5 Å². The van der Waals surface area contributed by atoms with Crippen molar-refractivity contribution in [2.75, 3.05) is 16.8 Å². The van der Waals surface area contributed by atoms with Crippen LogP contribution in [0.25, 0.3) is 11.3 Å². The maximum absolute atomic E-state index is 11.9. The molecule has 9 heteroatoms. The van der Waals surface area contributed by atoms with Crippen LogP contribution in [0.4, 0.5) is 17.3 Å². The number of nitrogens with zero attached hydrogens (tertiary/aromatic N) is 7. The summed E-state index contributed by atoms with van der Waals surface area (Å²) in [5.74, 6) is 0.579. The highest BCUT2D eigenvalue weighted by Crippen LogP contribution is 2.46. The van der Waals surface area contributed by atoms with Crippen LogP contribution < -0.4 is 10.2 Å². The zero-order chi connectivity index (χ0) is 22.8. The maximum atomic E-state index is 11.9. The molecule has 5 rings (SSSR count). The van der Waals surface area contributed by atoms with Crippen LogP contribution in [0.3, 0.4) is 0 Å². The van der Waals surface area contributed by atoms with Crippen molar-refractivity contribution in [3.8, 4) is 23.4 Å². The Hall–Kier alpha value is -4.24. The first-order valence-corrected chi connectivity index (χ1v) is 10.9. The van der Waals surface area contributed by atoms with E-state index in [0.29, 0.717) is 37.3 Å². The molecule has 1 amide bonds. The molecule has 3 aromatic rings. The minimum atomic E-state index is -0.417. The fourth-order valence-corrected chi connectivity index (χ4v) is 4.58. The molecular formula is C24H22N8O. The number of benzene rings is 1. The quantitative estimate of drug-likeness (QED) is 0.621. The maximum Gasteiger partial charge on any atom is 0.227 e. The number of carbonyl (C=O) groups excluding carboxylic acids is 1. The minimum absolute atomic E-state index is 0.0316. The first-order chi connectivity index (χ1) is 16.1. The molecule has 2 aliphatic rings. The smallest absolute Gasteiger partial charge is 0.227 e. The van der Waals surface area contributed by atoms with Crippen molar-refractivity contribution in [2.24, 2.45) is 5.92 Å². The van der Waals surface area contributed by atoms with Gasteiger partial charge >= 0.3 is 0 Å². The fraction of sp³-hybridized carbons (Fsp3) is 0.333. The lowest BCUT2D eigenvalue weighted by atomic mass is 9.67. The van der Waals surface area contributed by atoms with Gasteiger partial charge in [-0.2, -0.15) is 15.6 Å². The number of rotatable bonds is 6. The third-order valence-corrected chi connectivity index (χ3v) is 6.37. The van der Waals surface area contributed by atoms with E-state index >= 15 is 0 Å². The zero-order valence-corrected chi connectivity index (χ0v) is 18.0. The first kappa shape index (κ1) is 20.7. The molecule has 0 bridgehead atoms. The van der Waals surface area contributed by atoms with Gasteiger partial charge in [0.25, 0.3) is 0 Å². The van der Waals surface area contributed by atoms with Gasteiger partial charge in [0, 0.05) is 42.3 Å². The molecule has 0 radical (unpaired) electrons. The SMILES string of the molecule is N#CCC1(n2cc(-c3ccnc(Nc4ccc(N5CCCC5=O)cc4)n3)cn2)CC(C#N)C1. The Bertz CT molecular complexity index is 1260. The monoisotopic (exact) mass is 438 g/mol. The average Bonchev–Trinajstić information content (AvgIpc) is 3.46. The van der Waals surface area contributed by atoms with E-state index in [1.165, 1.54) is 0 Å². The highest BCUT2D eigenvalue weighted by atomic mass is 16.2. The third kappa shape index (κ3) is 3.90. The predicted molar refractivity (Wildman–Crippen MR) is 121 cm³/mol. The predicted octanol–water partition coefficient (Wildman–Crippen LogP) is 3.75. The van der Waals surface area contributed by atoms with Crippen molar-refractivity contribution in [1.29, 1.82) is 10.5 Å². The van der Waals surface area contributed by atoms with Gasteiger partial charge in [-0.25, -0.2) is 9.97 Å². The van der Waals surface area contributed by atoms with Gasteiger partial charge in [0.05, 0.1) is 41.9 Å². The second kappa shape index (κ2) is 8.36. The molecule has 2 fully saturated rings. The van der Waals surface area contributed by atoms with E-state index in [1.807, 2.05) is 41.2 Å². The van der Waals surface area contributed by atoms with Gasteiger partial charge in [0.2, 0.25) is 11.9 Å². The lowest BCUT2D eigenvalue weighted by Gasteiger charge is -2.43. The van der Waals surface area contributed by atoms with Crippen molar-refractivity contribution in [3.05, 3.63) is 48.9 Å². The summed E-state index contributed by atoms with van der Waals surface area (Å²) in [6, 6.07) is 14.0. The second-order valence-corrected chi connectivity index (χ2v) is 8.55. The molecule has 1 aliphatic heterocycles. The number of anilines is 3. The number of carbonyl (C=O) groups is 1. The lowest BCUT2D eigenvalue weighted by molar-refractivity contribution is -0.117. The van der Waals surface area contributed by atoms with Crippen LogP contribution >= 0.6 is 0 Å². The normalized spacial score (nSPS) is 21.8. The lowest BCUT2D eigenvalue weighted by Crippen LogP contribution is -2.46. The Morgan fingerprint density at radius 1 is 1.18 bits per heavy atom. The topological polar surface area (TPSA) is 124 Å². The summed E-state index contributed by atoms with van der Waals surface area (Å²) in [6.45, 7) is 0.761. The van der Waals surface area contributed by atoms with Gasteiger partial charge in [-0.15, -0.1) is 0 Å². The number of nitriles is 2. The fourth-order valence-electron chi connectivity index (χ4n) is 4.58. The van der Waals surface area contributed by atoms with Crippen molar-refractivity contribution in [1.82, 2.24) is 19.7 Å². The van der Waals surface area contributed by atoms with Crippen molar-refractivity contribution in [3.63, 3.8) is 0 Å². The van der Waals surface area contributed by atoms with Gasteiger partial charge in [0.15, 0.2) is 0 Å². The molecule has 9 nitrogen and oxygen atoms in total. The zero-order valence-electron chi connectivity index (χ0n) is 18.0. The highest BCUT2D eigenvalue weighted by Gasteiger charge is 2.46. The summed E-state index contributed by atoms with van der Waals surface area (Å²) >= 11 is 0. The van der Waals surface area contributed by atoms with E-state index in [0.717, 1.165) is 29.9 Å². The Balaban J connectivity index is 1.32. The molecule has 2 aromatic heterocycles. The molecule has 0 unspecified atom stereocenters. The van der Waals surface area contributed by atoms with E-state index in [4.69, 9.17) is 5.26 Å². The van der Waals surface area contributed by atoms with Crippen LogP contribution in [-0.2, 0) is 10.3 Å². The standard InChI is InChI=1S/C24H22N8O/c25-9-8-24(12-17(13-24)14-26)32-16-18(15-28-32)21-7-10-27-23(30-21)29-19-3-5-20(6-4-19)31-11-1-2-22(31)33/h3-7,10,15-17H,1-2,8,11-13H2,(H,27,29,30). The van der Waals surface area contributed by atoms with E-state index < -0.39 is 5.54 Å². The molecule has 1 aliphatic carbocycles. The molecular weight excluding hydrogens is 416 g/mol. The van der Waals surface area contributed by atoms with Crippen LogP contribution in [0.2, 0.25) is 0 Å². The molecule has 1 aromatic carbocycles. The van der Waals surface area contributed by atoms with Crippen LogP contribution in [0.5, 0.6) is 0 Å². The van der Waals surface area contributed by atoms with E-state index in [1.54, 1.807) is 17.3 Å². The van der Waals surface area contributed by atoms with Crippen molar-refractivity contribution >= 4 is 23.2 Å². The van der Waals surface area contributed by atoms with Crippen LogP contribution in [0, 0.1) is 28.6 Å². The average molecular weight is 438 g/mol. The number of nitrogens with one attached hydrogen (secondary N) is 1. The summed E-state index contributed by atoms with van der Waals surface area (Å²) < 4.78 is 1.81. The molecule has 1 N–H and O–H groups in total. The minimum Gasteiger partial charge on any atom is -0.324 e.